The minimum Gasteiger partial charge on any atom is -0.494 e. The average molecular weight is 509 g/mol. The maximum atomic E-state index is 12.7. The Hall–Kier alpha value is -3.08. The summed E-state index contributed by atoms with van der Waals surface area (Å²) in [6, 6.07) is 3.35. The van der Waals surface area contributed by atoms with E-state index in [1.807, 2.05) is 0 Å². The number of ether oxygens (including phenoxy) is 1. The van der Waals surface area contributed by atoms with Gasteiger partial charge < -0.3 is 14.5 Å². The second kappa shape index (κ2) is 8.69. The van der Waals surface area contributed by atoms with Crippen molar-refractivity contribution in [2.75, 3.05) is 12.4 Å². The van der Waals surface area contributed by atoms with E-state index in [1.165, 1.54) is 37.1 Å². The summed E-state index contributed by atoms with van der Waals surface area (Å²) in [5, 5.41) is 5.75. The van der Waals surface area contributed by atoms with Crippen molar-refractivity contribution in [2.45, 2.75) is 13.3 Å². The molecule has 0 aliphatic carbocycles. The Bertz CT molecular complexity index is 1510. The Balaban J connectivity index is 1.60. The number of fused-ring (bicyclic) bond motifs is 1. The van der Waals surface area contributed by atoms with Crippen LogP contribution in [-0.4, -0.2) is 27.1 Å². The summed E-state index contributed by atoms with van der Waals surface area (Å²) in [6.45, 7) is 1.64. The zero-order valence-corrected chi connectivity index (χ0v) is 20.3. The molecule has 0 radical (unpaired) electrons. The molecule has 0 bridgehead atoms. The number of methoxy groups -OCH3 is 1. The minimum absolute atomic E-state index is 0.124. The van der Waals surface area contributed by atoms with E-state index >= 15 is 0 Å². The molecule has 0 spiro atoms. The lowest BCUT2D eigenvalue weighted by atomic mass is 10.1. The number of carbonyl (C=O) groups excluding carboxylic acids is 1. The molecule has 0 aliphatic heterocycles. The number of furan rings is 1. The van der Waals surface area contributed by atoms with Crippen LogP contribution in [0.15, 0.2) is 31.5 Å². The lowest BCUT2D eigenvalue weighted by molar-refractivity contribution is -0.115. The lowest BCUT2D eigenvalue weighted by Crippen LogP contribution is -2.36. The van der Waals surface area contributed by atoms with E-state index < -0.39 is 11.2 Å². The van der Waals surface area contributed by atoms with Crippen molar-refractivity contribution in [3.63, 3.8) is 0 Å². The molecular weight excluding hydrogens is 491 g/mol. The van der Waals surface area contributed by atoms with Crippen LogP contribution in [0.2, 0.25) is 10.0 Å². The highest BCUT2D eigenvalue weighted by Crippen LogP contribution is 2.38. The second-order valence-corrected chi connectivity index (χ2v) is 8.93. The van der Waals surface area contributed by atoms with Gasteiger partial charge >= 0.3 is 5.69 Å². The van der Waals surface area contributed by atoms with Crippen molar-refractivity contribution in [1.29, 1.82) is 0 Å². The summed E-state index contributed by atoms with van der Waals surface area (Å²) in [7, 11) is 4.36. The third-order valence-corrected chi connectivity index (χ3v) is 6.49. The maximum absolute atomic E-state index is 12.7. The van der Waals surface area contributed by atoms with Crippen molar-refractivity contribution in [3.05, 3.63) is 59.7 Å². The van der Waals surface area contributed by atoms with E-state index in [0.717, 1.165) is 4.57 Å². The number of benzene rings is 1. The van der Waals surface area contributed by atoms with Crippen LogP contribution in [0.1, 0.15) is 11.3 Å². The first-order valence-electron chi connectivity index (χ1n) is 9.59. The Morgan fingerprint density at radius 2 is 1.88 bits per heavy atom. The van der Waals surface area contributed by atoms with E-state index in [2.05, 4.69) is 10.3 Å². The van der Waals surface area contributed by atoms with Gasteiger partial charge in [-0.25, -0.2) is 9.78 Å². The molecular formula is C21H18Cl2N4O5S. The number of halogens is 2. The molecule has 12 heteroatoms. The van der Waals surface area contributed by atoms with Crippen molar-refractivity contribution in [2.24, 2.45) is 14.1 Å². The summed E-state index contributed by atoms with van der Waals surface area (Å²) in [4.78, 5) is 42.0. The number of aromatic nitrogens is 3. The molecule has 3 aromatic heterocycles. The Labute approximate surface area is 201 Å². The van der Waals surface area contributed by atoms with Gasteiger partial charge in [-0.05, 0) is 19.1 Å². The number of thiazole rings is 1. The van der Waals surface area contributed by atoms with Crippen LogP contribution < -0.4 is 21.3 Å². The first kappa shape index (κ1) is 23.1. The zero-order chi connectivity index (χ0) is 24.0. The van der Waals surface area contributed by atoms with E-state index in [0.29, 0.717) is 43.5 Å². The van der Waals surface area contributed by atoms with Gasteiger partial charge in [0.15, 0.2) is 10.9 Å². The molecule has 0 saturated heterocycles. The minimum atomic E-state index is -0.516. The molecule has 4 aromatic rings. The summed E-state index contributed by atoms with van der Waals surface area (Å²) in [5.41, 5.74) is 0.778. The van der Waals surface area contributed by atoms with E-state index in [4.69, 9.17) is 32.4 Å². The molecule has 1 amide bonds. The van der Waals surface area contributed by atoms with Crippen LogP contribution in [0.25, 0.3) is 22.4 Å². The molecule has 0 saturated carbocycles. The molecule has 0 atom stereocenters. The van der Waals surface area contributed by atoms with Crippen LogP contribution in [0.4, 0.5) is 5.13 Å². The number of rotatable bonds is 5. The van der Waals surface area contributed by atoms with Crippen molar-refractivity contribution < 1.29 is 13.9 Å². The molecule has 172 valence electrons. The number of aryl methyl sites for hydroxylation is 2. The van der Waals surface area contributed by atoms with Crippen LogP contribution >= 0.6 is 34.5 Å². The van der Waals surface area contributed by atoms with Gasteiger partial charge in [0.1, 0.15) is 11.1 Å². The van der Waals surface area contributed by atoms with Gasteiger partial charge in [-0.3, -0.25) is 18.7 Å². The molecule has 3 heterocycles. The first-order valence-corrected chi connectivity index (χ1v) is 11.2. The number of carbonyl (C=O) groups is 1. The third kappa shape index (κ3) is 4.05. The molecule has 0 aliphatic rings. The predicted molar refractivity (Wildman–Crippen MR) is 128 cm³/mol. The van der Waals surface area contributed by atoms with E-state index in [9.17, 15) is 14.4 Å². The van der Waals surface area contributed by atoms with E-state index in [1.54, 1.807) is 24.4 Å². The molecule has 1 N–H and O–H groups in total. The number of nitrogens with zero attached hydrogens (tertiary/aromatic N) is 3. The highest BCUT2D eigenvalue weighted by molar-refractivity contribution is 7.14. The molecule has 4 rings (SSSR count). The van der Waals surface area contributed by atoms with Gasteiger partial charge in [0.05, 0.1) is 29.3 Å². The maximum Gasteiger partial charge on any atom is 0.333 e. The molecule has 33 heavy (non-hydrogen) atoms. The van der Waals surface area contributed by atoms with Gasteiger partial charge in [0.25, 0.3) is 5.56 Å². The largest absolute Gasteiger partial charge is 0.494 e. The van der Waals surface area contributed by atoms with Gasteiger partial charge in [-0.15, -0.1) is 11.3 Å². The molecule has 0 fully saturated rings. The third-order valence-electron chi connectivity index (χ3n) is 5.17. The monoisotopic (exact) mass is 508 g/mol. The molecule has 0 unspecified atom stereocenters. The second-order valence-electron chi connectivity index (χ2n) is 7.26. The first-order chi connectivity index (χ1) is 15.6. The van der Waals surface area contributed by atoms with Crippen molar-refractivity contribution in [1.82, 2.24) is 14.1 Å². The Morgan fingerprint density at radius 3 is 2.52 bits per heavy atom. The quantitative estimate of drug-likeness (QED) is 0.439. The van der Waals surface area contributed by atoms with Gasteiger partial charge in [-0.1, -0.05) is 23.2 Å². The lowest BCUT2D eigenvalue weighted by Gasteiger charge is -2.07. The number of hydrogen-bond acceptors (Lipinski definition) is 7. The molecule has 9 nitrogen and oxygen atoms in total. The van der Waals surface area contributed by atoms with Crippen LogP contribution in [-0.2, 0) is 25.3 Å². The Kier molecular flexibility index (Phi) is 6.08. The van der Waals surface area contributed by atoms with E-state index in [-0.39, 0.29) is 23.4 Å². The fraction of sp³-hybridized carbons (Fsp3) is 0.238. The van der Waals surface area contributed by atoms with Crippen molar-refractivity contribution >= 4 is 56.7 Å². The normalized spacial score (nSPS) is 11.2. The highest BCUT2D eigenvalue weighted by atomic mass is 35.5. The summed E-state index contributed by atoms with van der Waals surface area (Å²) in [5.74, 6) is 0.376. The fourth-order valence-corrected chi connectivity index (χ4v) is 4.87. The number of amides is 1. The standard InChI is InChI=1S/C21H18Cl2N4O5S/c1-9-11(16-18(29)26(2)21(30)27(3)19(16)32-9)7-15(28)25-20-24-14(8-33-20)10-5-12(22)17(31-4)13(23)6-10/h5-6,8H,7H2,1-4H3,(H,24,25,28). The SMILES string of the molecule is COc1c(Cl)cc(-c2csc(NC(=O)Cc3c(C)oc4c3c(=O)n(C)c(=O)n4C)n2)cc1Cl. The fourth-order valence-electron chi connectivity index (χ4n) is 3.49. The van der Waals surface area contributed by atoms with Crippen LogP contribution in [0.3, 0.4) is 0 Å². The number of anilines is 1. The van der Waals surface area contributed by atoms with Crippen molar-refractivity contribution in [3.8, 4) is 17.0 Å². The molecule has 1 aromatic carbocycles. The van der Waals surface area contributed by atoms with Gasteiger partial charge in [0.2, 0.25) is 11.6 Å². The highest BCUT2D eigenvalue weighted by Gasteiger charge is 2.22. The van der Waals surface area contributed by atoms with Gasteiger partial charge in [-0.2, -0.15) is 0 Å². The summed E-state index contributed by atoms with van der Waals surface area (Å²) >= 11 is 13.6. The average Bonchev–Trinajstić information content (AvgIpc) is 3.35. The summed E-state index contributed by atoms with van der Waals surface area (Å²) in [6.07, 6.45) is -0.124. The predicted octanol–water partition coefficient (Wildman–Crippen LogP) is 3.76. The van der Waals surface area contributed by atoms with Gasteiger partial charge in [0, 0.05) is 30.6 Å². The Morgan fingerprint density at radius 1 is 1.21 bits per heavy atom. The number of hydrogen-bond donors (Lipinski definition) is 1. The topological polar surface area (TPSA) is 108 Å². The van der Waals surface area contributed by atoms with Crippen LogP contribution in [0.5, 0.6) is 5.75 Å². The number of nitrogens with one attached hydrogen (secondary N) is 1. The summed E-state index contributed by atoms with van der Waals surface area (Å²) < 4.78 is 13.0. The van der Waals surface area contributed by atoms with Crippen LogP contribution in [0, 0.1) is 6.92 Å². The zero-order valence-electron chi connectivity index (χ0n) is 18.0. The smallest absolute Gasteiger partial charge is 0.333 e.